The largest absolute Gasteiger partial charge is 0.481 e. The molecular weight excluding hydrogens is 342 g/mol. The molecule has 148 valence electrons. The van der Waals surface area contributed by atoms with Gasteiger partial charge in [0.2, 0.25) is 0 Å². The maximum absolute atomic E-state index is 12.6. The summed E-state index contributed by atoms with van der Waals surface area (Å²) in [4.78, 5) is 28.3. The maximum atomic E-state index is 12.6. The molecule has 0 aromatic heterocycles. The molecule has 0 spiro atoms. The van der Waals surface area contributed by atoms with Gasteiger partial charge in [-0.3, -0.25) is 4.79 Å². The van der Waals surface area contributed by atoms with Crippen LogP contribution in [0.5, 0.6) is 0 Å². The number of urea groups is 1. The molecule has 2 aliphatic heterocycles. The Hall–Kier alpha value is -2.08. The number of anilines is 1. The standard InChI is InChI=1S/C21H31N3O3/c25-20(26)15-17-10-14-24(21(27)22-19-7-3-1-4-8-19)16-18(17)9-13-23-11-5-2-6-12-23/h1,3-4,7-8,17-18H,2,5-6,9-16H2,(H,22,27)(H,25,26). The Balaban J connectivity index is 1.57. The van der Waals surface area contributed by atoms with Crippen LogP contribution in [-0.4, -0.2) is 59.6 Å². The van der Waals surface area contributed by atoms with Crippen molar-refractivity contribution < 1.29 is 14.7 Å². The fourth-order valence-electron chi connectivity index (χ4n) is 4.34. The monoisotopic (exact) mass is 373 g/mol. The molecule has 0 saturated carbocycles. The van der Waals surface area contributed by atoms with Crippen LogP contribution < -0.4 is 5.32 Å². The number of piperidine rings is 2. The van der Waals surface area contributed by atoms with Gasteiger partial charge in [-0.1, -0.05) is 24.6 Å². The van der Waals surface area contributed by atoms with Crippen LogP contribution in [0.2, 0.25) is 0 Å². The smallest absolute Gasteiger partial charge is 0.321 e. The number of aliphatic carboxylic acids is 1. The zero-order chi connectivity index (χ0) is 19.1. The first kappa shape index (κ1) is 19.7. The average Bonchev–Trinajstić information content (AvgIpc) is 2.68. The average molecular weight is 373 g/mol. The number of amides is 2. The lowest BCUT2D eigenvalue weighted by atomic mass is 9.81. The van der Waals surface area contributed by atoms with Gasteiger partial charge in [0.15, 0.2) is 0 Å². The summed E-state index contributed by atoms with van der Waals surface area (Å²) >= 11 is 0. The molecule has 6 nitrogen and oxygen atoms in total. The fourth-order valence-corrected chi connectivity index (χ4v) is 4.34. The first-order valence-electron chi connectivity index (χ1n) is 10.2. The van der Waals surface area contributed by atoms with Crippen molar-refractivity contribution in [3.8, 4) is 0 Å². The van der Waals surface area contributed by atoms with E-state index in [9.17, 15) is 14.7 Å². The first-order valence-corrected chi connectivity index (χ1v) is 10.2. The molecule has 2 heterocycles. The predicted octanol–water partition coefficient (Wildman–Crippen LogP) is 3.51. The van der Waals surface area contributed by atoms with E-state index in [1.165, 1.54) is 19.3 Å². The summed E-state index contributed by atoms with van der Waals surface area (Å²) in [5.41, 5.74) is 0.792. The number of carboxylic acids is 1. The van der Waals surface area contributed by atoms with Crippen molar-refractivity contribution >= 4 is 17.7 Å². The number of likely N-dealkylation sites (tertiary alicyclic amines) is 2. The van der Waals surface area contributed by atoms with E-state index < -0.39 is 5.97 Å². The Morgan fingerprint density at radius 3 is 2.48 bits per heavy atom. The van der Waals surface area contributed by atoms with Gasteiger partial charge in [0.25, 0.3) is 0 Å². The van der Waals surface area contributed by atoms with Crippen LogP contribution in [0.1, 0.15) is 38.5 Å². The highest BCUT2D eigenvalue weighted by Gasteiger charge is 2.33. The molecule has 1 aromatic rings. The number of para-hydroxylation sites is 1. The molecule has 2 unspecified atom stereocenters. The molecule has 0 bridgehead atoms. The van der Waals surface area contributed by atoms with Crippen LogP contribution in [0.3, 0.4) is 0 Å². The molecule has 27 heavy (non-hydrogen) atoms. The third kappa shape index (κ3) is 5.96. The minimum atomic E-state index is -0.731. The molecule has 6 heteroatoms. The summed E-state index contributed by atoms with van der Waals surface area (Å²) < 4.78 is 0. The van der Waals surface area contributed by atoms with Crippen molar-refractivity contribution in [2.45, 2.75) is 38.5 Å². The fraction of sp³-hybridized carbons (Fsp3) is 0.619. The zero-order valence-corrected chi connectivity index (χ0v) is 16.0. The molecular formula is C21H31N3O3. The Labute approximate surface area is 161 Å². The first-order chi connectivity index (χ1) is 13.1. The highest BCUT2D eigenvalue weighted by atomic mass is 16.4. The molecule has 2 atom stereocenters. The maximum Gasteiger partial charge on any atom is 0.321 e. The SMILES string of the molecule is O=C(O)CC1CCN(C(=O)Nc2ccccc2)CC1CCN1CCCCC1. The van der Waals surface area contributed by atoms with Crippen LogP contribution in [0, 0.1) is 11.8 Å². The van der Waals surface area contributed by atoms with E-state index in [-0.39, 0.29) is 24.3 Å². The van der Waals surface area contributed by atoms with Gasteiger partial charge >= 0.3 is 12.0 Å². The van der Waals surface area contributed by atoms with Crippen molar-refractivity contribution in [2.24, 2.45) is 11.8 Å². The van der Waals surface area contributed by atoms with Crippen LogP contribution >= 0.6 is 0 Å². The van der Waals surface area contributed by atoms with Crippen LogP contribution in [-0.2, 0) is 4.79 Å². The van der Waals surface area contributed by atoms with E-state index in [4.69, 9.17) is 0 Å². The molecule has 0 aliphatic carbocycles. The van der Waals surface area contributed by atoms with Gasteiger partial charge in [-0.15, -0.1) is 0 Å². The molecule has 1 aromatic carbocycles. The summed E-state index contributed by atoms with van der Waals surface area (Å²) in [6, 6.07) is 9.39. The van der Waals surface area contributed by atoms with Gasteiger partial charge in [0, 0.05) is 25.2 Å². The highest BCUT2D eigenvalue weighted by molar-refractivity contribution is 5.89. The number of carboxylic acid groups (broad SMARTS) is 1. The summed E-state index contributed by atoms with van der Waals surface area (Å²) in [6.45, 7) is 4.57. The second kappa shape index (κ2) is 9.74. The second-order valence-electron chi connectivity index (χ2n) is 7.84. The predicted molar refractivity (Wildman–Crippen MR) is 106 cm³/mol. The summed E-state index contributed by atoms with van der Waals surface area (Å²) in [5.74, 6) is -0.323. The quantitative estimate of drug-likeness (QED) is 0.800. The minimum Gasteiger partial charge on any atom is -0.481 e. The van der Waals surface area contributed by atoms with E-state index in [1.807, 2.05) is 35.2 Å². The lowest BCUT2D eigenvalue weighted by Crippen LogP contribution is -2.47. The van der Waals surface area contributed by atoms with E-state index in [2.05, 4.69) is 10.2 Å². The number of benzene rings is 1. The number of carbonyl (C=O) groups is 2. The minimum absolute atomic E-state index is 0.0852. The second-order valence-corrected chi connectivity index (χ2v) is 7.84. The van der Waals surface area contributed by atoms with Crippen molar-refractivity contribution in [3.63, 3.8) is 0 Å². The Morgan fingerprint density at radius 2 is 1.78 bits per heavy atom. The molecule has 2 aliphatic rings. The lowest BCUT2D eigenvalue weighted by Gasteiger charge is -2.39. The zero-order valence-electron chi connectivity index (χ0n) is 16.0. The molecule has 2 N–H and O–H groups in total. The van der Waals surface area contributed by atoms with E-state index in [0.29, 0.717) is 13.1 Å². The van der Waals surface area contributed by atoms with Crippen molar-refractivity contribution in [2.75, 3.05) is 38.0 Å². The highest BCUT2D eigenvalue weighted by Crippen LogP contribution is 2.30. The van der Waals surface area contributed by atoms with Gasteiger partial charge < -0.3 is 20.2 Å². The number of nitrogens with one attached hydrogen (secondary N) is 1. The third-order valence-corrected chi connectivity index (χ3v) is 5.91. The molecule has 2 fully saturated rings. The third-order valence-electron chi connectivity index (χ3n) is 5.91. The normalized spacial score (nSPS) is 23.8. The Morgan fingerprint density at radius 1 is 1.04 bits per heavy atom. The number of nitrogens with zero attached hydrogens (tertiary/aromatic N) is 2. The van der Waals surface area contributed by atoms with E-state index >= 15 is 0 Å². The van der Waals surface area contributed by atoms with Crippen molar-refractivity contribution in [1.82, 2.24) is 9.80 Å². The topological polar surface area (TPSA) is 72.9 Å². The molecule has 2 amide bonds. The van der Waals surface area contributed by atoms with Crippen molar-refractivity contribution in [1.29, 1.82) is 0 Å². The molecule has 3 rings (SSSR count). The summed E-state index contributed by atoms with van der Waals surface area (Å²) in [6.07, 6.45) is 5.77. The number of rotatable bonds is 6. The van der Waals surface area contributed by atoms with Gasteiger partial charge in [0.1, 0.15) is 0 Å². The Bertz CT molecular complexity index is 616. The van der Waals surface area contributed by atoms with Crippen LogP contribution in [0.15, 0.2) is 30.3 Å². The number of carbonyl (C=O) groups excluding carboxylic acids is 1. The lowest BCUT2D eigenvalue weighted by molar-refractivity contribution is -0.139. The van der Waals surface area contributed by atoms with E-state index in [0.717, 1.165) is 38.2 Å². The molecule has 0 radical (unpaired) electrons. The molecule has 2 saturated heterocycles. The number of hydrogen-bond acceptors (Lipinski definition) is 3. The summed E-state index contributed by atoms with van der Waals surface area (Å²) in [7, 11) is 0. The van der Waals surface area contributed by atoms with Crippen molar-refractivity contribution in [3.05, 3.63) is 30.3 Å². The van der Waals surface area contributed by atoms with Gasteiger partial charge in [-0.25, -0.2) is 4.79 Å². The number of hydrogen-bond donors (Lipinski definition) is 2. The van der Waals surface area contributed by atoms with Crippen LogP contribution in [0.4, 0.5) is 10.5 Å². The van der Waals surface area contributed by atoms with Gasteiger partial charge in [-0.05, 0) is 69.3 Å². The van der Waals surface area contributed by atoms with E-state index in [1.54, 1.807) is 0 Å². The van der Waals surface area contributed by atoms with Gasteiger partial charge in [-0.2, -0.15) is 0 Å². The summed E-state index contributed by atoms with van der Waals surface area (Å²) in [5, 5.41) is 12.2. The Kier molecular flexibility index (Phi) is 7.10. The van der Waals surface area contributed by atoms with Crippen LogP contribution in [0.25, 0.3) is 0 Å². The van der Waals surface area contributed by atoms with Gasteiger partial charge in [0.05, 0.1) is 0 Å².